The van der Waals surface area contributed by atoms with Crippen LogP contribution in [0.1, 0.15) is 10.4 Å². The van der Waals surface area contributed by atoms with Crippen molar-refractivity contribution in [2.75, 3.05) is 24.3 Å². The number of benzene rings is 2. The van der Waals surface area contributed by atoms with Gasteiger partial charge in [0.2, 0.25) is 0 Å². The first-order valence-corrected chi connectivity index (χ1v) is 6.01. The van der Waals surface area contributed by atoms with Crippen molar-refractivity contribution in [3.05, 3.63) is 59.7 Å². The minimum absolute atomic E-state index is 0.174. The van der Waals surface area contributed by atoms with Gasteiger partial charge in [0.05, 0.1) is 5.69 Å². The molecule has 2 aromatic rings. The third-order valence-corrected chi connectivity index (χ3v) is 2.82. The molecule has 1 N–H and O–H groups in total. The van der Waals surface area contributed by atoms with Gasteiger partial charge in [-0.25, -0.2) is 8.78 Å². The van der Waals surface area contributed by atoms with Gasteiger partial charge in [0.25, 0.3) is 5.91 Å². The van der Waals surface area contributed by atoms with E-state index in [0.29, 0.717) is 5.56 Å². The van der Waals surface area contributed by atoms with Crippen LogP contribution in [0.3, 0.4) is 0 Å². The molecule has 0 atom stereocenters. The molecule has 0 aliphatic heterocycles. The summed E-state index contributed by atoms with van der Waals surface area (Å²) >= 11 is 0. The van der Waals surface area contributed by atoms with Gasteiger partial charge in [0.15, 0.2) is 0 Å². The summed E-state index contributed by atoms with van der Waals surface area (Å²) in [7, 11) is 3.77. The molecule has 3 nitrogen and oxygen atoms in total. The molecule has 0 aliphatic rings. The van der Waals surface area contributed by atoms with Crippen LogP contribution in [0.5, 0.6) is 0 Å². The van der Waals surface area contributed by atoms with Crippen molar-refractivity contribution in [1.29, 1.82) is 0 Å². The van der Waals surface area contributed by atoms with Gasteiger partial charge in [-0.15, -0.1) is 0 Å². The Kier molecular flexibility index (Phi) is 3.98. The van der Waals surface area contributed by atoms with Crippen molar-refractivity contribution in [1.82, 2.24) is 0 Å². The molecular formula is C15H14F2N2O. The van der Waals surface area contributed by atoms with Crippen LogP contribution in [-0.2, 0) is 0 Å². The first-order valence-electron chi connectivity index (χ1n) is 6.01. The number of amides is 1. The van der Waals surface area contributed by atoms with Crippen molar-refractivity contribution in [3.8, 4) is 0 Å². The maximum absolute atomic E-state index is 13.4. The highest BCUT2D eigenvalue weighted by molar-refractivity contribution is 6.04. The predicted molar refractivity (Wildman–Crippen MR) is 75.1 cm³/mol. The number of nitrogens with zero attached hydrogens (tertiary/aromatic N) is 1. The molecule has 0 heterocycles. The highest BCUT2D eigenvalue weighted by Gasteiger charge is 2.10. The van der Waals surface area contributed by atoms with E-state index in [2.05, 4.69) is 5.32 Å². The molecule has 0 spiro atoms. The Hall–Kier alpha value is -2.43. The maximum Gasteiger partial charge on any atom is 0.255 e. The number of hydrogen-bond acceptors (Lipinski definition) is 2. The van der Waals surface area contributed by atoms with E-state index in [9.17, 15) is 13.6 Å². The molecule has 20 heavy (non-hydrogen) atoms. The van der Waals surface area contributed by atoms with Gasteiger partial charge in [-0.3, -0.25) is 4.79 Å². The van der Waals surface area contributed by atoms with E-state index >= 15 is 0 Å². The zero-order valence-electron chi connectivity index (χ0n) is 11.2. The molecular weight excluding hydrogens is 262 g/mol. The summed E-state index contributed by atoms with van der Waals surface area (Å²) < 4.78 is 26.4. The fraction of sp³-hybridized carbons (Fsp3) is 0.133. The van der Waals surface area contributed by atoms with Gasteiger partial charge < -0.3 is 10.2 Å². The highest BCUT2D eigenvalue weighted by atomic mass is 19.1. The van der Waals surface area contributed by atoms with Crippen molar-refractivity contribution >= 4 is 17.3 Å². The SMILES string of the molecule is CN(C)c1ccc(C(=O)Nc2cc(F)ccc2F)cc1. The first kappa shape index (κ1) is 14.0. The van der Waals surface area contributed by atoms with Crippen LogP contribution >= 0.6 is 0 Å². The molecule has 1 amide bonds. The quantitative estimate of drug-likeness (QED) is 0.933. The Labute approximate surface area is 115 Å². The van der Waals surface area contributed by atoms with Crippen molar-refractivity contribution in [2.45, 2.75) is 0 Å². The van der Waals surface area contributed by atoms with E-state index in [1.54, 1.807) is 24.3 Å². The minimum Gasteiger partial charge on any atom is -0.378 e. The summed E-state index contributed by atoms with van der Waals surface area (Å²) in [6, 6.07) is 9.72. The van der Waals surface area contributed by atoms with Crippen LogP contribution in [0.15, 0.2) is 42.5 Å². The average molecular weight is 276 g/mol. The average Bonchev–Trinajstić information content (AvgIpc) is 2.43. The lowest BCUT2D eigenvalue weighted by atomic mass is 10.2. The molecule has 0 unspecified atom stereocenters. The zero-order chi connectivity index (χ0) is 14.7. The fourth-order valence-corrected chi connectivity index (χ4v) is 1.70. The second kappa shape index (κ2) is 5.69. The normalized spacial score (nSPS) is 10.2. The second-order valence-electron chi connectivity index (χ2n) is 4.52. The number of nitrogens with one attached hydrogen (secondary N) is 1. The Morgan fingerprint density at radius 2 is 1.70 bits per heavy atom. The molecule has 2 aromatic carbocycles. The number of carbonyl (C=O) groups is 1. The van der Waals surface area contributed by atoms with E-state index in [1.807, 2.05) is 19.0 Å². The number of anilines is 2. The Balaban J connectivity index is 2.17. The zero-order valence-corrected chi connectivity index (χ0v) is 11.2. The molecule has 0 aromatic heterocycles. The summed E-state index contributed by atoms with van der Waals surface area (Å²) in [5.41, 5.74) is 1.14. The van der Waals surface area contributed by atoms with Gasteiger partial charge in [-0.05, 0) is 36.4 Å². The van der Waals surface area contributed by atoms with Crippen LogP contribution in [-0.4, -0.2) is 20.0 Å². The third kappa shape index (κ3) is 3.12. The lowest BCUT2D eigenvalue weighted by Crippen LogP contribution is -2.14. The molecule has 0 saturated carbocycles. The van der Waals surface area contributed by atoms with E-state index in [-0.39, 0.29) is 5.69 Å². The predicted octanol–water partition coefficient (Wildman–Crippen LogP) is 3.28. The topological polar surface area (TPSA) is 32.3 Å². The van der Waals surface area contributed by atoms with Crippen LogP contribution in [0, 0.1) is 11.6 Å². The highest BCUT2D eigenvalue weighted by Crippen LogP contribution is 2.17. The van der Waals surface area contributed by atoms with E-state index < -0.39 is 17.5 Å². The van der Waals surface area contributed by atoms with Crippen LogP contribution in [0.4, 0.5) is 20.2 Å². The molecule has 0 aliphatic carbocycles. The van der Waals surface area contributed by atoms with Crippen LogP contribution < -0.4 is 10.2 Å². The minimum atomic E-state index is -0.676. The summed E-state index contributed by atoms with van der Waals surface area (Å²) in [6.45, 7) is 0. The van der Waals surface area contributed by atoms with Crippen molar-refractivity contribution in [2.24, 2.45) is 0 Å². The molecule has 0 radical (unpaired) electrons. The lowest BCUT2D eigenvalue weighted by molar-refractivity contribution is 0.102. The number of hydrogen-bond donors (Lipinski definition) is 1. The second-order valence-corrected chi connectivity index (χ2v) is 4.52. The molecule has 0 fully saturated rings. The molecule has 2 rings (SSSR count). The summed E-state index contributed by atoms with van der Waals surface area (Å²) in [5.74, 6) is -1.77. The van der Waals surface area contributed by atoms with Gasteiger partial charge >= 0.3 is 0 Å². The maximum atomic E-state index is 13.4. The summed E-state index contributed by atoms with van der Waals surface area (Å²) in [6.07, 6.45) is 0. The Morgan fingerprint density at radius 1 is 1.05 bits per heavy atom. The van der Waals surface area contributed by atoms with E-state index in [4.69, 9.17) is 0 Å². The monoisotopic (exact) mass is 276 g/mol. The van der Waals surface area contributed by atoms with E-state index in [1.165, 1.54) is 0 Å². The molecule has 104 valence electrons. The van der Waals surface area contributed by atoms with Gasteiger partial charge in [0, 0.05) is 31.4 Å². The Bertz CT molecular complexity index is 624. The van der Waals surface area contributed by atoms with Gasteiger partial charge in [0.1, 0.15) is 11.6 Å². The first-order chi connectivity index (χ1) is 9.47. The fourth-order valence-electron chi connectivity index (χ4n) is 1.70. The number of halogens is 2. The summed E-state index contributed by atoms with van der Waals surface area (Å²) in [4.78, 5) is 13.8. The number of carbonyl (C=O) groups excluding carboxylic acids is 1. The molecule has 0 bridgehead atoms. The Morgan fingerprint density at radius 3 is 2.30 bits per heavy atom. The molecule has 0 saturated heterocycles. The standard InChI is InChI=1S/C15H14F2N2O/c1-19(2)12-6-3-10(4-7-12)15(20)18-14-9-11(16)5-8-13(14)17/h3-9H,1-2H3,(H,18,20). The summed E-state index contributed by atoms with van der Waals surface area (Å²) in [5, 5.41) is 2.35. The third-order valence-electron chi connectivity index (χ3n) is 2.82. The number of rotatable bonds is 3. The van der Waals surface area contributed by atoms with Gasteiger partial charge in [-0.1, -0.05) is 0 Å². The van der Waals surface area contributed by atoms with Crippen molar-refractivity contribution < 1.29 is 13.6 Å². The molecule has 5 heteroatoms. The van der Waals surface area contributed by atoms with Crippen LogP contribution in [0.25, 0.3) is 0 Å². The van der Waals surface area contributed by atoms with Gasteiger partial charge in [-0.2, -0.15) is 0 Å². The lowest BCUT2D eigenvalue weighted by Gasteiger charge is -2.12. The van der Waals surface area contributed by atoms with Crippen LogP contribution in [0.2, 0.25) is 0 Å². The largest absolute Gasteiger partial charge is 0.378 e. The van der Waals surface area contributed by atoms with E-state index in [0.717, 1.165) is 23.9 Å². The smallest absolute Gasteiger partial charge is 0.255 e. The van der Waals surface area contributed by atoms with Crippen molar-refractivity contribution in [3.63, 3.8) is 0 Å².